The van der Waals surface area contributed by atoms with Crippen molar-refractivity contribution in [2.45, 2.75) is 24.6 Å². The van der Waals surface area contributed by atoms with E-state index in [1.165, 1.54) is 12.2 Å². The highest BCUT2D eigenvalue weighted by molar-refractivity contribution is 5.36. The zero-order valence-corrected chi connectivity index (χ0v) is 15.3. The number of benzene rings is 1. The maximum absolute atomic E-state index is 11.7. The van der Waals surface area contributed by atoms with Gasteiger partial charge in [0, 0.05) is 24.0 Å². The van der Waals surface area contributed by atoms with Crippen LogP contribution in [0, 0.1) is 10.1 Å². The standard InChI is InChI=1S/C18H26N4O4/c1-21(2)9-8-18(22(23)24)11-15(19)16(10-17(18)20)26-12-13-4-6-14(25-3)7-5-13/h4-7,10-11,17H,8-9,12,19-20H2,1-3H3. The average molecular weight is 362 g/mol. The minimum atomic E-state index is -1.43. The molecule has 1 aliphatic rings. The fourth-order valence-electron chi connectivity index (χ4n) is 2.76. The van der Waals surface area contributed by atoms with Gasteiger partial charge in [0.25, 0.3) is 5.54 Å². The van der Waals surface area contributed by atoms with E-state index in [2.05, 4.69) is 0 Å². The molecule has 0 aromatic heterocycles. The summed E-state index contributed by atoms with van der Waals surface area (Å²) in [5, 5.41) is 11.7. The summed E-state index contributed by atoms with van der Waals surface area (Å²) in [5.74, 6) is 1.12. The minimum absolute atomic E-state index is 0.232. The summed E-state index contributed by atoms with van der Waals surface area (Å²) in [6.07, 6.45) is 3.22. The molecule has 2 rings (SSSR count). The van der Waals surface area contributed by atoms with Gasteiger partial charge in [0.05, 0.1) is 12.8 Å². The molecule has 0 bridgehead atoms. The van der Waals surface area contributed by atoms with Crippen molar-refractivity contribution in [2.24, 2.45) is 11.5 Å². The van der Waals surface area contributed by atoms with Gasteiger partial charge in [-0.2, -0.15) is 0 Å². The molecule has 0 radical (unpaired) electrons. The van der Waals surface area contributed by atoms with Crippen LogP contribution in [0.1, 0.15) is 12.0 Å². The second-order valence-corrected chi connectivity index (χ2v) is 6.59. The number of methoxy groups -OCH3 is 1. The lowest BCUT2D eigenvalue weighted by Gasteiger charge is -2.31. The van der Waals surface area contributed by atoms with Gasteiger partial charge in [0.15, 0.2) is 0 Å². The summed E-state index contributed by atoms with van der Waals surface area (Å²) in [5.41, 5.74) is 11.9. The van der Waals surface area contributed by atoms with E-state index in [1.54, 1.807) is 7.11 Å². The average Bonchev–Trinajstić information content (AvgIpc) is 2.61. The Hall–Kier alpha value is -2.58. The van der Waals surface area contributed by atoms with Crippen LogP contribution in [0.4, 0.5) is 0 Å². The number of nitrogens with zero attached hydrogens (tertiary/aromatic N) is 2. The van der Waals surface area contributed by atoms with Crippen LogP contribution in [0.15, 0.2) is 47.9 Å². The Balaban J connectivity index is 2.12. The molecule has 0 amide bonds. The molecule has 142 valence electrons. The molecule has 1 aromatic rings. The van der Waals surface area contributed by atoms with E-state index in [0.29, 0.717) is 12.3 Å². The number of hydrogen-bond donors (Lipinski definition) is 2. The van der Waals surface area contributed by atoms with Crippen molar-refractivity contribution < 1.29 is 14.4 Å². The molecule has 2 unspecified atom stereocenters. The number of hydrogen-bond acceptors (Lipinski definition) is 7. The Kier molecular flexibility index (Phi) is 6.23. The zero-order valence-electron chi connectivity index (χ0n) is 15.3. The molecule has 0 spiro atoms. The largest absolute Gasteiger partial charge is 0.497 e. The van der Waals surface area contributed by atoms with Crippen molar-refractivity contribution in [2.75, 3.05) is 27.7 Å². The molecule has 1 aliphatic carbocycles. The molecule has 0 saturated carbocycles. The minimum Gasteiger partial charge on any atom is -0.497 e. The van der Waals surface area contributed by atoms with Crippen LogP contribution >= 0.6 is 0 Å². The SMILES string of the molecule is COc1ccc(COC2=CC(N)C(CCN(C)C)([N+](=O)[O-])C=C2N)cc1. The lowest BCUT2D eigenvalue weighted by atomic mass is 9.82. The third-order valence-electron chi connectivity index (χ3n) is 4.45. The molecule has 0 saturated heterocycles. The Labute approximate surface area is 153 Å². The third-order valence-corrected chi connectivity index (χ3v) is 4.45. The fraction of sp³-hybridized carbons (Fsp3) is 0.444. The van der Waals surface area contributed by atoms with Crippen molar-refractivity contribution in [3.05, 3.63) is 63.6 Å². The van der Waals surface area contributed by atoms with Crippen LogP contribution in [-0.4, -0.2) is 49.2 Å². The van der Waals surface area contributed by atoms with E-state index >= 15 is 0 Å². The maximum Gasteiger partial charge on any atom is 0.262 e. The Morgan fingerprint density at radius 1 is 1.31 bits per heavy atom. The Morgan fingerprint density at radius 2 is 1.96 bits per heavy atom. The number of rotatable bonds is 8. The molecule has 0 heterocycles. The first kappa shape index (κ1) is 19.7. The van der Waals surface area contributed by atoms with E-state index in [9.17, 15) is 10.1 Å². The van der Waals surface area contributed by atoms with E-state index < -0.39 is 11.6 Å². The zero-order chi connectivity index (χ0) is 19.3. The van der Waals surface area contributed by atoms with E-state index in [0.717, 1.165) is 11.3 Å². The van der Waals surface area contributed by atoms with Crippen LogP contribution in [0.3, 0.4) is 0 Å². The first-order valence-corrected chi connectivity index (χ1v) is 8.29. The van der Waals surface area contributed by atoms with E-state index in [4.69, 9.17) is 20.9 Å². The summed E-state index contributed by atoms with van der Waals surface area (Å²) in [6.45, 7) is 0.800. The molecule has 26 heavy (non-hydrogen) atoms. The Morgan fingerprint density at radius 3 is 2.50 bits per heavy atom. The second-order valence-electron chi connectivity index (χ2n) is 6.59. The van der Waals surface area contributed by atoms with Gasteiger partial charge < -0.3 is 25.8 Å². The molecule has 0 aliphatic heterocycles. The van der Waals surface area contributed by atoms with Crippen molar-refractivity contribution in [3.63, 3.8) is 0 Å². The summed E-state index contributed by atoms with van der Waals surface area (Å²) in [4.78, 5) is 13.2. The highest BCUT2D eigenvalue weighted by Gasteiger charge is 2.48. The lowest BCUT2D eigenvalue weighted by Crippen LogP contribution is -2.55. The van der Waals surface area contributed by atoms with Gasteiger partial charge in [-0.25, -0.2) is 0 Å². The Bertz CT molecular complexity index is 700. The van der Waals surface area contributed by atoms with Crippen LogP contribution < -0.4 is 16.2 Å². The topological polar surface area (TPSA) is 117 Å². The smallest absolute Gasteiger partial charge is 0.262 e. The van der Waals surface area contributed by atoms with Gasteiger partial charge >= 0.3 is 0 Å². The lowest BCUT2D eigenvalue weighted by molar-refractivity contribution is -0.558. The molecular weight excluding hydrogens is 336 g/mol. The van der Waals surface area contributed by atoms with Gasteiger partial charge in [-0.05, 0) is 37.9 Å². The maximum atomic E-state index is 11.7. The highest BCUT2D eigenvalue weighted by Crippen LogP contribution is 2.30. The first-order valence-electron chi connectivity index (χ1n) is 8.29. The predicted octanol–water partition coefficient (Wildman–Crippen LogP) is 1.25. The quantitative estimate of drug-likeness (QED) is 0.528. The number of nitrogens with two attached hydrogens (primary N) is 2. The normalized spacial score (nSPS) is 22.6. The third kappa shape index (κ3) is 4.33. The van der Waals surface area contributed by atoms with Crippen LogP contribution in [0.5, 0.6) is 5.75 Å². The second kappa shape index (κ2) is 8.20. The van der Waals surface area contributed by atoms with Crippen molar-refractivity contribution in [3.8, 4) is 5.75 Å². The van der Waals surface area contributed by atoms with Crippen LogP contribution in [-0.2, 0) is 11.3 Å². The number of ether oxygens (including phenoxy) is 2. The fourth-order valence-corrected chi connectivity index (χ4v) is 2.76. The van der Waals surface area contributed by atoms with Gasteiger partial charge in [-0.15, -0.1) is 0 Å². The molecular formula is C18H26N4O4. The molecule has 8 nitrogen and oxygen atoms in total. The summed E-state index contributed by atoms with van der Waals surface area (Å²) in [6, 6.07) is 6.59. The summed E-state index contributed by atoms with van der Waals surface area (Å²) in [7, 11) is 5.31. The highest BCUT2D eigenvalue weighted by atomic mass is 16.6. The monoisotopic (exact) mass is 362 g/mol. The van der Waals surface area contributed by atoms with Gasteiger partial charge in [-0.3, -0.25) is 10.1 Å². The predicted molar refractivity (Wildman–Crippen MR) is 99.0 cm³/mol. The molecule has 2 atom stereocenters. The summed E-state index contributed by atoms with van der Waals surface area (Å²) < 4.78 is 10.9. The molecule has 1 aromatic carbocycles. The molecule has 8 heteroatoms. The van der Waals surface area contributed by atoms with Gasteiger partial charge in [0.1, 0.15) is 24.2 Å². The summed E-state index contributed by atoms with van der Waals surface area (Å²) >= 11 is 0. The van der Waals surface area contributed by atoms with Gasteiger partial charge in [0.2, 0.25) is 0 Å². The van der Waals surface area contributed by atoms with Gasteiger partial charge in [-0.1, -0.05) is 12.1 Å². The van der Waals surface area contributed by atoms with Crippen molar-refractivity contribution in [1.29, 1.82) is 0 Å². The number of nitro groups is 1. The van der Waals surface area contributed by atoms with E-state index in [1.807, 2.05) is 43.3 Å². The van der Waals surface area contributed by atoms with Crippen LogP contribution in [0.25, 0.3) is 0 Å². The van der Waals surface area contributed by atoms with Crippen molar-refractivity contribution >= 4 is 0 Å². The van der Waals surface area contributed by atoms with Crippen molar-refractivity contribution in [1.82, 2.24) is 4.90 Å². The molecule has 0 fully saturated rings. The van der Waals surface area contributed by atoms with E-state index in [-0.39, 0.29) is 23.6 Å². The molecule has 4 N–H and O–H groups in total. The first-order chi connectivity index (χ1) is 12.3. The van der Waals surface area contributed by atoms with Crippen LogP contribution in [0.2, 0.25) is 0 Å².